The summed E-state index contributed by atoms with van der Waals surface area (Å²) in [6.45, 7) is 8.66. The molecule has 2 aromatic rings. The molecule has 0 saturated carbocycles. The minimum atomic E-state index is 1.03. The molecule has 0 saturated heterocycles. The van der Waals surface area contributed by atoms with E-state index in [1.807, 2.05) is 0 Å². The van der Waals surface area contributed by atoms with Gasteiger partial charge in [-0.15, -0.1) is 0 Å². The summed E-state index contributed by atoms with van der Waals surface area (Å²) in [7, 11) is 0. The Balaban J connectivity index is 2.52. The van der Waals surface area contributed by atoms with Gasteiger partial charge in [-0.25, -0.2) is 0 Å². The Morgan fingerprint density at radius 2 is 2.00 bits per heavy atom. The Morgan fingerprint density at radius 3 is 2.68 bits per heavy atom. The topological polar surface area (TPSA) is 16.1 Å². The average Bonchev–Trinajstić information content (AvgIpc) is 2.40. The second-order valence-corrected chi connectivity index (χ2v) is 5.79. The van der Waals surface area contributed by atoms with E-state index in [1.165, 1.54) is 23.9 Å². The third-order valence-electron chi connectivity index (χ3n) is 3.38. The highest BCUT2D eigenvalue weighted by Gasteiger charge is 2.10. The number of unbranched alkanes of at least 4 members (excludes halogenated alkanes) is 1. The number of anilines is 1. The quantitative estimate of drug-likeness (QED) is 0.776. The molecule has 0 atom stereocenters. The van der Waals surface area contributed by atoms with Crippen LogP contribution in [0.1, 0.15) is 32.4 Å². The van der Waals surface area contributed by atoms with E-state index in [9.17, 15) is 0 Å². The maximum absolute atomic E-state index is 4.63. The molecule has 1 heterocycles. The van der Waals surface area contributed by atoms with Crippen LogP contribution in [0, 0.1) is 6.92 Å². The summed E-state index contributed by atoms with van der Waals surface area (Å²) in [4.78, 5) is 7.08. The van der Waals surface area contributed by atoms with Crippen molar-refractivity contribution in [2.45, 2.75) is 33.6 Å². The van der Waals surface area contributed by atoms with Gasteiger partial charge in [-0.1, -0.05) is 29.3 Å². The predicted octanol–water partition coefficient (Wildman–Crippen LogP) is 4.93. The molecule has 0 radical (unpaired) electrons. The Hall–Kier alpha value is -1.09. The summed E-state index contributed by atoms with van der Waals surface area (Å²) < 4.78 is 1.11. The number of aromatic nitrogens is 1. The van der Waals surface area contributed by atoms with Crippen molar-refractivity contribution in [2.75, 3.05) is 18.0 Å². The van der Waals surface area contributed by atoms with Gasteiger partial charge in [-0.05, 0) is 44.5 Å². The maximum Gasteiger partial charge on any atom is 0.0726 e. The number of halogens is 1. The second kappa shape index (κ2) is 6.38. The molecule has 0 unspecified atom stereocenters. The van der Waals surface area contributed by atoms with Crippen LogP contribution in [0.2, 0.25) is 0 Å². The van der Waals surface area contributed by atoms with Crippen molar-refractivity contribution >= 4 is 32.5 Å². The molecule has 1 aromatic carbocycles. The molecule has 0 aliphatic rings. The third kappa shape index (κ3) is 3.27. The Bertz CT molecular complexity index is 566. The van der Waals surface area contributed by atoms with Crippen molar-refractivity contribution in [1.29, 1.82) is 0 Å². The highest BCUT2D eigenvalue weighted by Crippen LogP contribution is 2.29. The molecule has 2 rings (SSSR count). The van der Waals surface area contributed by atoms with Crippen LogP contribution in [-0.4, -0.2) is 18.1 Å². The van der Waals surface area contributed by atoms with E-state index in [0.717, 1.165) is 28.8 Å². The lowest BCUT2D eigenvalue weighted by Gasteiger charge is -2.25. The fraction of sp³-hybridized carbons (Fsp3) is 0.438. The van der Waals surface area contributed by atoms with Gasteiger partial charge in [-0.2, -0.15) is 0 Å². The zero-order valence-electron chi connectivity index (χ0n) is 11.9. The van der Waals surface area contributed by atoms with Gasteiger partial charge in [0, 0.05) is 34.3 Å². The molecule has 1 aromatic heterocycles. The first kappa shape index (κ1) is 14.3. The van der Waals surface area contributed by atoms with E-state index in [0.29, 0.717) is 0 Å². The highest BCUT2D eigenvalue weighted by molar-refractivity contribution is 9.10. The number of nitrogens with zero attached hydrogens (tertiary/aromatic N) is 2. The van der Waals surface area contributed by atoms with Crippen molar-refractivity contribution < 1.29 is 0 Å². The SMILES string of the molecule is CCCCN(CC)c1cc(C)nc2ccc(Br)cc12. The van der Waals surface area contributed by atoms with Crippen LogP contribution in [0.15, 0.2) is 28.7 Å². The largest absolute Gasteiger partial charge is 0.371 e. The fourth-order valence-corrected chi connectivity index (χ4v) is 2.73. The van der Waals surface area contributed by atoms with Crippen LogP contribution < -0.4 is 4.90 Å². The van der Waals surface area contributed by atoms with Crippen molar-refractivity contribution in [3.05, 3.63) is 34.4 Å². The van der Waals surface area contributed by atoms with E-state index < -0.39 is 0 Å². The second-order valence-electron chi connectivity index (χ2n) is 4.88. The average molecular weight is 321 g/mol. The van der Waals surface area contributed by atoms with Gasteiger partial charge in [0.2, 0.25) is 0 Å². The van der Waals surface area contributed by atoms with E-state index in [2.05, 4.69) is 70.9 Å². The molecule has 0 aliphatic heterocycles. The molecule has 102 valence electrons. The van der Waals surface area contributed by atoms with Crippen LogP contribution in [0.25, 0.3) is 10.9 Å². The Kier molecular flexibility index (Phi) is 4.81. The number of pyridine rings is 1. The summed E-state index contributed by atoms with van der Waals surface area (Å²) in [5, 5.41) is 1.23. The van der Waals surface area contributed by atoms with E-state index in [1.54, 1.807) is 0 Å². The van der Waals surface area contributed by atoms with Gasteiger partial charge in [0.25, 0.3) is 0 Å². The first-order chi connectivity index (χ1) is 9.15. The summed E-state index contributed by atoms with van der Waals surface area (Å²) in [5.41, 5.74) is 3.47. The van der Waals surface area contributed by atoms with Gasteiger partial charge in [0.05, 0.1) is 5.52 Å². The molecule has 0 aliphatic carbocycles. The van der Waals surface area contributed by atoms with Gasteiger partial charge in [0.1, 0.15) is 0 Å². The summed E-state index contributed by atoms with van der Waals surface area (Å²) >= 11 is 3.56. The van der Waals surface area contributed by atoms with Crippen LogP contribution in [0.4, 0.5) is 5.69 Å². The number of aryl methyl sites for hydroxylation is 1. The van der Waals surface area contributed by atoms with Gasteiger partial charge in [-0.3, -0.25) is 4.98 Å². The lowest BCUT2D eigenvalue weighted by molar-refractivity contribution is 0.733. The summed E-state index contributed by atoms with van der Waals surface area (Å²) in [5.74, 6) is 0. The van der Waals surface area contributed by atoms with Gasteiger partial charge >= 0.3 is 0 Å². The van der Waals surface area contributed by atoms with Crippen molar-refractivity contribution in [3.63, 3.8) is 0 Å². The molecule has 0 bridgehead atoms. The van der Waals surface area contributed by atoms with Crippen LogP contribution in [0.3, 0.4) is 0 Å². The molecule has 2 nitrogen and oxygen atoms in total. The number of hydrogen-bond donors (Lipinski definition) is 0. The van der Waals surface area contributed by atoms with Crippen LogP contribution >= 0.6 is 15.9 Å². The van der Waals surface area contributed by atoms with E-state index >= 15 is 0 Å². The number of rotatable bonds is 5. The molecule has 3 heteroatoms. The molecule has 0 amide bonds. The number of hydrogen-bond acceptors (Lipinski definition) is 2. The molecule has 0 N–H and O–H groups in total. The highest BCUT2D eigenvalue weighted by atomic mass is 79.9. The minimum absolute atomic E-state index is 1.03. The molecular weight excluding hydrogens is 300 g/mol. The maximum atomic E-state index is 4.63. The third-order valence-corrected chi connectivity index (χ3v) is 3.87. The standard InChI is InChI=1S/C16H21BrN2/c1-4-6-9-19(5-2)16-10-12(3)18-15-8-7-13(17)11-14(15)16/h7-8,10-11H,4-6,9H2,1-3H3. The zero-order valence-corrected chi connectivity index (χ0v) is 13.5. The molecule has 0 fully saturated rings. The first-order valence-electron chi connectivity index (χ1n) is 6.97. The first-order valence-corrected chi connectivity index (χ1v) is 7.76. The van der Waals surface area contributed by atoms with Crippen molar-refractivity contribution in [2.24, 2.45) is 0 Å². The van der Waals surface area contributed by atoms with E-state index in [-0.39, 0.29) is 0 Å². The molecular formula is C16H21BrN2. The number of benzene rings is 1. The van der Waals surface area contributed by atoms with Crippen molar-refractivity contribution in [3.8, 4) is 0 Å². The number of fused-ring (bicyclic) bond motifs is 1. The van der Waals surface area contributed by atoms with Gasteiger partial charge in [0.15, 0.2) is 0 Å². The van der Waals surface area contributed by atoms with Gasteiger partial charge < -0.3 is 4.90 Å². The minimum Gasteiger partial charge on any atom is -0.371 e. The summed E-state index contributed by atoms with van der Waals surface area (Å²) in [6, 6.07) is 8.52. The molecule has 0 spiro atoms. The van der Waals surface area contributed by atoms with Crippen LogP contribution in [-0.2, 0) is 0 Å². The lowest BCUT2D eigenvalue weighted by atomic mass is 10.1. The zero-order chi connectivity index (χ0) is 13.8. The lowest BCUT2D eigenvalue weighted by Crippen LogP contribution is -2.24. The van der Waals surface area contributed by atoms with Crippen molar-refractivity contribution in [1.82, 2.24) is 4.98 Å². The fourth-order valence-electron chi connectivity index (χ4n) is 2.37. The molecule has 19 heavy (non-hydrogen) atoms. The smallest absolute Gasteiger partial charge is 0.0726 e. The Labute approximate surface area is 124 Å². The monoisotopic (exact) mass is 320 g/mol. The summed E-state index contributed by atoms with van der Waals surface area (Å²) in [6.07, 6.45) is 2.45. The normalized spacial score (nSPS) is 10.9. The van der Waals surface area contributed by atoms with Crippen LogP contribution in [0.5, 0.6) is 0 Å². The Morgan fingerprint density at radius 1 is 1.21 bits per heavy atom. The van der Waals surface area contributed by atoms with E-state index in [4.69, 9.17) is 0 Å². The predicted molar refractivity (Wildman–Crippen MR) is 87.0 cm³/mol.